The Morgan fingerprint density at radius 3 is 2.89 bits per heavy atom. The average molecular weight is 246 g/mol. The fourth-order valence-corrected chi connectivity index (χ4v) is 1.88. The van der Waals surface area contributed by atoms with E-state index in [1.165, 1.54) is 6.07 Å². The van der Waals surface area contributed by atoms with Gasteiger partial charge in [-0.05, 0) is 31.0 Å². The van der Waals surface area contributed by atoms with Gasteiger partial charge in [-0.1, -0.05) is 19.1 Å². The third kappa shape index (κ3) is 2.18. The van der Waals surface area contributed by atoms with Crippen molar-refractivity contribution >= 4 is 5.78 Å². The minimum Gasteiger partial charge on any atom is -0.287 e. The Morgan fingerprint density at radius 1 is 1.39 bits per heavy atom. The zero-order chi connectivity index (χ0) is 13.1. The number of hydrogen-bond donors (Lipinski definition) is 0. The summed E-state index contributed by atoms with van der Waals surface area (Å²) in [6.45, 7) is 4.31. The molecule has 0 fully saturated rings. The molecular weight excluding hydrogens is 231 g/mol. The van der Waals surface area contributed by atoms with Crippen molar-refractivity contribution in [3.05, 3.63) is 53.1 Å². The van der Waals surface area contributed by atoms with Gasteiger partial charge < -0.3 is 0 Å². The van der Waals surface area contributed by atoms with Crippen molar-refractivity contribution in [2.24, 2.45) is 0 Å². The Hall–Kier alpha value is -1.97. The van der Waals surface area contributed by atoms with Gasteiger partial charge in [0.2, 0.25) is 5.78 Å². The molecule has 1 aromatic heterocycles. The number of ketones is 1. The molecule has 0 amide bonds. The molecule has 0 spiro atoms. The number of carbonyl (C=O) groups excluding carboxylic acids is 1. The smallest absolute Gasteiger partial charge is 0.213 e. The molecule has 0 unspecified atom stereocenters. The molecule has 0 N–H and O–H groups in total. The van der Waals surface area contributed by atoms with Crippen LogP contribution >= 0.6 is 0 Å². The molecular formula is C14H15FN2O. The van der Waals surface area contributed by atoms with Crippen molar-refractivity contribution in [1.82, 2.24) is 9.78 Å². The number of rotatable bonds is 4. The molecule has 18 heavy (non-hydrogen) atoms. The molecule has 94 valence electrons. The van der Waals surface area contributed by atoms with Gasteiger partial charge in [0.05, 0.1) is 5.56 Å². The molecule has 0 aliphatic rings. The molecule has 2 aromatic rings. The first-order valence-electron chi connectivity index (χ1n) is 5.96. The lowest BCUT2D eigenvalue weighted by atomic mass is 10.0. The highest BCUT2D eigenvalue weighted by Gasteiger charge is 2.18. The SMILES string of the molecule is CCCn1nccc1C(=O)c1cccc(C)c1F. The summed E-state index contributed by atoms with van der Waals surface area (Å²) in [5.74, 6) is -0.770. The second kappa shape index (κ2) is 5.12. The van der Waals surface area contributed by atoms with E-state index in [4.69, 9.17) is 0 Å². The topological polar surface area (TPSA) is 34.9 Å². The van der Waals surface area contributed by atoms with E-state index < -0.39 is 5.82 Å². The summed E-state index contributed by atoms with van der Waals surface area (Å²) >= 11 is 0. The molecule has 0 aliphatic heterocycles. The molecule has 4 heteroatoms. The first kappa shape index (κ1) is 12.5. The lowest BCUT2D eigenvalue weighted by Gasteiger charge is -2.07. The van der Waals surface area contributed by atoms with Gasteiger partial charge in [-0.25, -0.2) is 4.39 Å². The lowest BCUT2D eigenvalue weighted by Crippen LogP contribution is -2.13. The number of benzene rings is 1. The number of aryl methyl sites for hydroxylation is 2. The van der Waals surface area contributed by atoms with Crippen LogP contribution in [0.4, 0.5) is 4.39 Å². The highest BCUT2D eigenvalue weighted by Crippen LogP contribution is 2.16. The van der Waals surface area contributed by atoms with E-state index in [9.17, 15) is 9.18 Å². The monoisotopic (exact) mass is 246 g/mol. The Labute approximate surface area is 105 Å². The minimum absolute atomic E-state index is 0.104. The Bertz CT molecular complexity index is 575. The third-order valence-corrected chi connectivity index (χ3v) is 2.82. The minimum atomic E-state index is -0.452. The molecule has 3 nitrogen and oxygen atoms in total. The second-order valence-corrected chi connectivity index (χ2v) is 4.21. The van der Waals surface area contributed by atoms with E-state index in [-0.39, 0.29) is 11.3 Å². The molecule has 0 saturated carbocycles. The molecule has 0 saturated heterocycles. The zero-order valence-corrected chi connectivity index (χ0v) is 10.5. The van der Waals surface area contributed by atoms with Crippen LogP contribution < -0.4 is 0 Å². The number of nitrogens with zero attached hydrogens (tertiary/aromatic N) is 2. The van der Waals surface area contributed by atoms with E-state index in [2.05, 4.69) is 5.10 Å². The molecule has 0 radical (unpaired) electrons. The van der Waals surface area contributed by atoms with Crippen molar-refractivity contribution in [3.8, 4) is 0 Å². The van der Waals surface area contributed by atoms with Gasteiger partial charge in [0.25, 0.3) is 0 Å². The van der Waals surface area contributed by atoms with Crippen LogP contribution in [-0.4, -0.2) is 15.6 Å². The van der Waals surface area contributed by atoms with E-state index in [1.807, 2.05) is 6.92 Å². The maximum atomic E-state index is 13.9. The van der Waals surface area contributed by atoms with Gasteiger partial charge in [0.1, 0.15) is 11.5 Å². The lowest BCUT2D eigenvalue weighted by molar-refractivity contribution is 0.102. The van der Waals surface area contributed by atoms with Crippen LogP contribution in [0.2, 0.25) is 0 Å². The van der Waals surface area contributed by atoms with Gasteiger partial charge in [-0.3, -0.25) is 9.48 Å². The van der Waals surface area contributed by atoms with Crippen LogP contribution in [0.5, 0.6) is 0 Å². The number of hydrogen-bond acceptors (Lipinski definition) is 2. The van der Waals surface area contributed by atoms with Crippen LogP contribution in [0.15, 0.2) is 30.5 Å². The first-order chi connectivity index (χ1) is 8.65. The predicted octanol–water partition coefficient (Wildman–Crippen LogP) is 2.97. The average Bonchev–Trinajstić information content (AvgIpc) is 2.80. The number of carbonyl (C=O) groups is 1. The zero-order valence-electron chi connectivity index (χ0n) is 10.5. The molecule has 1 heterocycles. The van der Waals surface area contributed by atoms with Crippen molar-refractivity contribution in [3.63, 3.8) is 0 Å². The third-order valence-electron chi connectivity index (χ3n) is 2.82. The van der Waals surface area contributed by atoms with Gasteiger partial charge in [0.15, 0.2) is 0 Å². The summed E-state index contributed by atoms with van der Waals surface area (Å²) in [4.78, 5) is 12.3. The summed E-state index contributed by atoms with van der Waals surface area (Å²) in [6, 6.07) is 6.47. The fourth-order valence-electron chi connectivity index (χ4n) is 1.88. The van der Waals surface area contributed by atoms with Crippen molar-refractivity contribution in [2.75, 3.05) is 0 Å². The number of aromatic nitrogens is 2. The van der Waals surface area contributed by atoms with Gasteiger partial charge in [-0.15, -0.1) is 0 Å². The highest BCUT2D eigenvalue weighted by molar-refractivity contribution is 6.08. The quantitative estimate of drug-likeness (QED) is 0.777. The van der Waals surface area contributed by atoms with Gasteiger partial charge >= 0.3 is 0 Å². The van der Waals surface area contributed by atoms with E-state index >= 15 is 0 Å². The molecule has 0 atom stereocenters. The summed E-state index contributed by atoms with van der Waals surface area (Å²) in [6.07, 6.45) is 2.44. The summed E-state index contributed by atoms with van der Waals surface area (Å²) in [5.41, 5.74) is 1.01. The van der Waals surface area contributed by atoms with Crippen LogP contribution in [0.1, 0.15) is 35.0 Å². The normalized spacial score (nSPS) is 10.6. The fraction of sp³-hybridized carbons (Fsp3) is 0.286. The Morgan fingerprint density at radius 2 is 2.17 bits per heavy atom. The molecule has 0 aliphatic carbocycles. The molecule has 2 rings (SSSR count). The number of halogens is 1. The highest BCUT2D eigenvalue weighted by atomic mass is 19.1. The Kier molecular flexibility index (Phi) is 3.55. The van der Waals surface area contributed by atoms with Crippen molar-refractivity contribution < 1.29 is 9.18 Å². The van der Waals surface area contributed by atoms with Crippen molar-refractivity contribution in [2.45, 2.75) is 26.8 Å². The molecule has 1 aromatic carbocycles. The van der Waals surface area contributed by atoms with Gasteiger partial charge in [0, 0.05) is 12.7 Å². The van der Waals surface area contributed by atoms with Crippen LogP contribution in [0, 0.1) is 12.7 Å². The van der Waals surface area contributed by atoms with Crippen molar-refractivity contribution in [1.29, 1.82) is 0 Å². The maximum absolute atomic E-state index is 13.9. The Balaban J connectivity index is 2.42. The largest absolute Gasteiger partial charge is 0.287 e. The standard InChI is InChI=1S/C14H15FN2O/c1-3-9-17-12(7-8-16-17)14(18)11-6-4-5-10(2)13(11)15/h4-8H,3,9H2,1-2H3. The van der Waals surface area contributed by atoms with Gasteiger partial charge in [-0.2, -0.15) is 5.10 Å². The predicted molar refractivity (Wildman–Crippen MR) is 67.1 cm³/mol. The summed E-state index contributed by atoms with van der Waals surface area (Å²) < 4.78 is 15.5. The van der Waals surface area contributed by atoms with E-state index in [0.29, 0.717) is 17.8 Å². The first-order valence-corrected chi connectivity index (χ1v) is 5.96. The maximum Gasteiger partial charge on any atom is 0.213 e. The van der Waals surface area contributed by atoms with Crippen LogP contribution in [0.3, 0.4) is 0 Å². The second-order valence-electron chi connectivity index (χ2n) is 4.21. The van der Waals surface area contributed by atoms with Crippen LogP contribution in [0.25, 0.3) is 0 Å². The van der Waals surface area contributed by atoms with E-state index in [0.717, 1.165) is 6.42 Å². The molecule has 0 bridgehead atoms. The summed E-state index contributed by atoms with van der Waals surface area (Å²) in [5, 5.41) is 4.08. The van der Waals surface area contributed by atoms with E-state index in [1.54, 1.807) is 36.0 Å². The van der Waals surface area contributed by atoms with Crippen LogP contribution in [-0.2, 0) is 6.54 Å². The summed E-state index contributed by atoms with van der Waals surface area (Å²) in [7, 11) is 0.